The summed E-state index contributed by atoms with van der Waals surface area (Å²) >= 11 is 0. The van der Waals surface area contributed by atoms with Crippen LogP contribution in [0.2, 0.25) is 0 Å². The Hall–Kier alpha value is -2.70. The third-order valence-corrected chi connectivity index (χ3v) is 6.10. The smallest absolute Gasteiger partial charge is 0.309 e. The molecule has 0 aliphatic carbocycles. The monoisotopic (exact) mass is 468 g/mol. The van der Waals surface area contributed by atoms with Crippen LogP contribution in [0.25, 0.3) is 0 Å². The van der Waals surface area contributed by atoms with Gasteiger partial charge < -0.3 is 20.5 Å². The minimum Gasteiger partial charge on any atom is -0.481 e. The second-order valence-corrected chi connectivity index (χ2v) is 9.12. The summed E-state index contributed by atoms with van der Waals surface area (Å²) in [7, 11) is 0. The molecule has 0 spiro atoms. The molecule has 0 aromatic heterocycles. The molecule has 2 aromatic rings. The SMILES string of the molecule is Cc1cccc(C(C)NCCOC(=O)C(CCCC(=O)O)CCNC(C)c2cccc(C)c2)c1. The zero-order valence-electron chi connectivity index (χ0n) is 21.0. The Morgan fingerprint density at radius 2 is 1.44 bits per heavy atom. The van der Waals surface area contributed by atoms with E-state index in [0.29, 0.717) is 32.4 Å². The van der Waals surface area contributed by atoms with Crippen molar-refractivity contribution in [1.82, 2.24) is 10.6 Å². The van der Waals surface area contributed by atoms with Gasteiger partial charge in [0.2, 0.25) is 0 Å². The van der Waals surface area contributed by atoms with Gasteiger partial charge in [-0.05, 0) is 64.6 Å². The molecule has 34 heavy (non-hydrogen) atoms. The first-order valence-corrected chi connectivity index (χ1v) is 12.2. The van der Waals surface area contributed by atoms with Gasteiger partial charge >= 0.3 is 11.9 Å². The van der Waals surface area contributed by atoms with Crippen molar-refractivity contribution in [2.45, 2.75) is 65.5 Å². The van der Waals surface area contributed by atoms with Gasteiger partial charge in [-0.2, -0.15) is 0 Å². The highest BCUT2D eigenvalue weighted by atomic mass is 16.5. The molecule has 2 rings (SSSR count). The maximum Gasteiger partial charge on any atom is 0.309 e. The molecule has 0 aliphatic heterocycles. The second-order valence-electron chi connectivity index (χ2n) is 9.12. The fourth-order valence-electron chi connectivity index (χ4n) is 4.01. The fraction of sp³-hybridized carbons (Fsp3) is 0.500. The molecule has 3 atom stereocenters. The average molecular weight is 469 g/mol. The first-order valence-electron chi connectivity index (χ1n) is 12.2. The van der Waals surface area contributed by atoms with E-state index in [4.69, 9.17) is 9.84 Å². The van der Waals surface area contributed by atoms with E-state index in [1.165, 1.54) is 22.3 Å². The van der Waals surface area contributed by atoms with Crippen LogP contribution in [0.1, 0.15) is 73.9 Å². The Morgan fingerprint density at radius 1 is 0.882 bits per heavy atom. The molecule has 0 heterocycles. The largest absolute Gasteiger partial charge is 0.481 e. The van der Waals surface area contributed by atoms with E-state index in [1.807, 2.05) is 12.1 Å². The molecule has 3 N–H and O–H groups in total. The van der Waals surface area contributed by atoms with Crippen LogP contribution in [0.3, 0.4) is 0 Å². The van der Waals surface area contributed by atoms with Crippen molar-refractivity contribution in [1.29, 1.82) is 0 Å². The Bertz CT molecular complexity index is 915. The standard InChI is InChI=1S/C28H40N2O4/c1-20-8-5-11-25(18-20)22(3)29-15-14-24(10-7-13-27(31)32)28(33)34-17-16-30-23(4)26-12-6-9-21(2)19-26/h5-6,8-9,11-12,18-19,22-24,29-30H,7,10,13-17H2,1-4H3,(H,31,32). The molecule has 6 nitrogen and oxygen atoms in total. The Morgan fingerprint density at radius 3 is 1.97 bits per heavy atom. The number of rotatable bonds is 15. The van der Waals surface area contributed by atoms with Crippen molar-refractivity contribution in [3.05, 3.63) is 70.8 Å². The van der Waals surface area contributed by atoms with Crippen molar-refractivity contribution in [2.75, 3.05) is 19.7 Å². The highest BCUT2D eigenvalue weighted by molar-refractivity contribution is 5.72. The zero-order chi connectivity index (χ0) is 24.9. The van der Waals surface area contributed by atoms with Gasteiger partial charge in [0.15, 0.2) is 0 Å². The number of hydrogen-bond donors (Lipinski definition) is 3. The minimum atomic E-state index is -0.840. The second kappa shape index (κ2) is 14.5. The number of aliphatic carboxylic acids is 1. The molecular weight excluding hydrogens is 428 g/mol. The number of benzene rings is 2. The Labute approximate surface area is 204 Å². The van der Waals surface area contributed by atoms with Crippen LogP contribution in [0, 0.1) is 19.8 Å². The average Bonchev–Trinajstić information content (AvgIpc) is 2.80. The molecule has 0 saturated heterocycles. The fourth-order valence-corrected chi connectivity index (χ4v) is 4.01. The van der Waals surface area contributed by atoms with Gasteiger partial charge in [0.05, 0.1) is 5.92 Å². The van der Waals surface area contributed by atoms with Crippen molar-refractivity contribution in [2.24, 2.45) is 5.92 Å². The van der Waals surface area contributed by atoms with Crippen molar-refractivity contribution in [3.8, 4) is 0 Å². The van der Waals surface area contributed by atoms with E-state index in [0.717, 1.165) is 0 Å². The molecule has 0 radical (unpaired) electrons. The predicted molar refractivity (Wildman–Crippen MR) is 136 cm³/mol. The quantitative estimate of drug-likeness (QED) is 0.249. The number of nitrogens with one attached hydrogen (secondary N) is 2. The van der Waals surface area contributed by atoms with Crippen molar-refractivity contribution >= 4 is 11.9 Å². The van der Waals surface area contributed by atoms with Crippen LogP contribution >= 0.6 is 0 Å². The summed E-state index contributed by atoms with van der Waals surface area (Å²) < 4.78 is 5.55. The highest BCUT2D eigenvalue weighted by Gasteiger charge is 2.20. The lowest BCUT2D eigenvalue weighted by Gasteiger charge is -2.20. The summed E-state index contributed by atoms with van der Waals surface area (Å²) in [4.78, 5) is 23.7. The third kappa shape index (κ3) is 10.1. The highest BCUT2D eigenvalue weighted by Crippen LogP contribution is 2.18. The van der Waals surface area contributed by atoms with Gasteiger partial charge in [0.25, 0.3) is 0 Å². The van der Waals surface area contributed by atoms with Gasteiger partial charge in [0, 0.05) is 25.0 Å². The van der Waals surface area contributed by atoms with Crippen LogP contribution in [-0.4, -0.2) is 36.7 Å². The number of carbonyl (C=O) groups is 2. The molecule has 0 saturated carbocycles. The summed E-state index contributed by atoms with van der Waals surface area (Å²) in [6.45, 7) is 9.84. The maximum atomic E-state index is 12.7. The molecule has 0 fully saturated rings. The Kier molecular flexibility index (Phi) is 11.8. The summed E-state index contributed by atoms with van der Waals surface area (Å²) in [5.74, 6) is -1.40. The lowest BCUT2D eigenvalue weighted by molar-refractivity contribution is -0.149. The van der Waals surface area contributed by atoms with Gasteiger partial charge in [0.1, 0.15) is 6.61 Å². The van der Waals surface area contributed by atoms with E-state index in [-0.39, 0.29) is 37.0 Å². The number of aryl methyl sites for hydroxylation is 2. The van der Waals surface area contributed by atoms with Crippen LogP contribution in [0.15, 0.2) is 48.5 Å². The van der Waals surface area contributed by atoms with Gasteiger partial charge in [-0.15, -0.1) is 0 Å². The normalized spacial score (nSPS) is 13.8. The van der Waals surface area contributed by atoms with E-state index >= 15 is 0 Å². The van der Waals surface area contributed by atoms with Gasteiger partial charge in [-0.1, -0.05) is 59.7 Å². The topological polar surface area (TPSA) is 87.7 Å². The van der Waals surface area contributed by atoms with Crippen LogP contribution in [-0.2, 0) is 14.3 Å². The van der Waals surface area contributed by atoms with E-state index in [1.54, 1.807) is 0 Å². The number of ether oxygens (including phenoxy) is 1. The van der Waals surface area contributed by atoms with Crippen LogP contribution < -0.4 is 10.6 Å². The lowest BCUT2D eigenvalue weighted by Crippen LogP contribution is -2.29. The molecule has 3 unspecified atom stereocenters. The third-order valence-electron chi connectivity index (χ3n) is 6.10. The molecular formula is C28H40N2O4. The van der Waals surface area contributed by atoms with E-state index in [9.17, 15) is 9.59 Å². The van der Waals surface area contributed by atoms with E-state index < -0.39 is 5.97 Å². The molecule has 0 bridgehead atoms. The molecule has 0 aliphatic rings. The number of esters is 1. The first-order chi connectivity index (χ1) is 16.3. The number of carboxylic acids is 1. The lowest BCUT2D eigenvalue weighted by atomic mass is 9.98. The molecule has 186 valence electrons. The number of hydrogen-bond acceptors (Lipinski definition) is 5. The van der Waals surface area contributed by atoms with Gasteiger partial charge in [-0.25, -0.2) is 0 Å². The summed E-state index contributed by atoms with van der Waals surface area (Å²) in [5, 5.41) is 15.8. The molecule has 2 aromatic carbocycles. The van der Waals surface area contributed by atoms with E-state index in [2.05, 4.69) is 74.7 Å². The summed E-state index contributed by atoms with van der Waals surface area (Å²) in [5.41, 5.74) is 4.84. The van der Waals surface area contributed by atoms with Gasteiger partial charge in [-0.3, -0.25) is 9.59 Å². The van der Waals surface area contributed by atoms with Crippen LogP contribution in [0.5, 0.6) is 0 Å². The zero-order valence-corrected chi connectivity index (χ0v) is 21.0. The predicted octanol–water partition coefficient (Wildman–Crippen LogP) is 5.11. The number of carbonyl (C=O) groups excluding carboxylic acids is 1. The minimum absolute atomic E-state index is 0.0620. The molecule has 0 amide bonds. The maximum absolute atomic E-state index is 12.7. The summed E-state index contributed by atoms with van der Waals surface area (Å²) in [6, 6.07) is 17.0. The van der Waals surface area contributed by atoms with Crippen molar-refractivity contribution in [3.63, 3.8) is 0 Å². The molecule has 6 heteroatoms. The number of carboxylic acid groups (broad SMARTS) is 1. The van der Waals surface area contributed by atoms with Crippen molar-refractivity contribution < 1.29 is 19.4 Å². The van der Waals surface area contributed by atoms with Crippen LogP contribution in [0.4, 0.5) is 0 Å². The summed E-state index contributed by atoms with van der Waals surface area (Å²) in [6.07, 6.45) is 1.65. The first kappa shape index (κ1) is 27.5. The Balaban J connectivity index is 1.80.